The first-order valence-corrected chi connectivity index (χ1v) is 15.3. The molecule has 0 saturated heterocycles. The molecule has 7 aromatic carbocycles. The average Bonchev–Trinajstić information content (AvgIpc) is 3.06. The smallest absolute Gasteiger partial charge is 0.0146 e. The summed E-state index contributed by atoms with van der Waals surface area (Å²) in [6.07, 6.45) is 0. The molecule has 0 N–H and O–H groups in total. The largest absolute Gasteiger partial charge is 0.0622 e. The minimum atomic E-state index is 1.32. The van der Waals surface area contributed by atoms with E-state index >= 15 is 0 Å². The van der Waals surface area contributed by atoms with Crippen molar-refractivity contribution in [2.75, 3.05) is 0 Å². The van der Waals surface area contributed by atoms with Gasteiger partial charge in [-0.15, -0.1) is 0 Å². The molecule has 7 rings (SSSR count). The minimum Gasteiger partial charge on any atom is -0.0622 e. The van der Waals surface area contributed by atoms with Crippen molar-refractivity contribution in [3.63, 3.8) is 0 Å². The molecule has 0 radical (unpaired) electrons. The van der Waals surface area contributed by atoms with Crippen LogP contribution in [0.2, 0.25) is 0 Å². The average molecular weight is 575 g/mol. The second-order valence-corrected chi connectivity index (χ2v) is 11.0. The summed E-state index contributed by atoms with van der Waals surface area (Å²) in [5.41, 5.74) is 8.06. The van der Waals surface area contributed by atoms with Gasteiger partial charge in [-0.2, -0.15) is 0 Å². The van der Waals surface area contributed by atoms with Gasteiger partial charge in [0.2, 0.25) is 0 Å². The van der Waals surface area contributed by atoms with E-state index in [0.717, 1.165) is 0 Å². The van der Waals surface area contributed by atoms with E-state index in [9.17, 15) is 0 Å². The summed E-state index contributed by atoms with van der Waals surface area (Å²) < 4.78 is 0. The highest BCUT2D eigenvalue weighted by Crippen LogP contribution is 2.31. The molecule has 0 spiro atoms. The predicted octanol–water partition coefficient (Wildman–Crippen LogP) is 12.6. The zero-order valence-electron chi connectivity index (χ0n) is 27.2. The van der Waals surface area contributed by atoms with Crippen LogP contribution in [0.5, 0.6) is 0 Å². The van der Waals surface area contributed by atoms with Crippen molar-refractivity contribution in [1.29, 1.82) is 0 Å². The monoisotopic (exact) mass is 574 g/mol. The molecule has 7 aromatic rings. The molecule has 0 aromatic heterocycles. The Balaban J connectivity index is 0.000000161. The predicted molar refractivity (Wildman–Crippen MR) is 196 cm³/mol. The van der Waals surface area contributed by atoms with Crippen molar-refractivity contribution in [2.45, 2.75) is 41.5 Å². The molecule has 0 atom stereocenters. The second-order valence-electron chi connectivity index (χ2n) is 11.0. The van der Waals surface area contributed by atoms with Crippen molar-refractivity contribution in [3.8, 4) is 0 Å². The Kier molecular flexibility index (Phi) is 14.2. The Labute approximate surface area is 265 Å². The van der Waals surface area contributed by atoms with Crippen LogP contribution in [0.4, 0.5) is 0 Å². The molecule has 0 saturated carbocycles. The second kappa shape index (κ2) is 18.6. The molecule has 222 valence electrons. The molecule has 0 nitrogen and oxygen atoms in total. The fraction of sp³-hybridized carbons (Fsp3) is 0.136. The van der Waals surface area contributed by atoms with Gasteiger partial charge in [0.05, 0.1) is 0 Å². The van der Waals surface area contributed by atoms with Gasteiger partial charge in [-0.1, -0.05) is 192 Å². The quantitative estimate of drug-likeness (QED) is 0.158. The van der Waals surface area contributed by atoms with Crippen LogP contribution in [0.25, 0.3) is 21.5 Å². The summed E-state index contributed by atoms with van der Waals surface area (Å²) in [5.74, 6) is 0. The first kappa shape index (κ1) is 33.6. The molecule has 0 amide bonds. The van der Waals surface area contributed by atoms with Crippen molar-refractivity contribution >= 4 is 21.5 Å². The third-order valence-electron chi connectivity index (χ3n) is 7.23. The first-order valence-electron chi connectivity index (χ1n) is 15.3. The summed E-state index contributed by atoms with van der Waals surface area (Å²) in [7, 11) is 0. The number of hydrogen-bond donors (Lipinski definition) is 0. The Bertz CT molecular complexity index is 1500. The van der Waals surface area contributed by atoms with Gasteiger partial charge in [0.1, 0.15) is 0 Å². The van der Waals surface area contributed by atoms with Gasteiger partial charge in [0.25, 0.3) is 0 Å². The van der Waals surface area contributed by atoms with Gasteiger partial charge in [-0.25, -0.2) is 0 Å². The number of benzene rings is 7. The lowest BCUT2D eigenvalue weighted by molar-refractivity contribution is 1.48. The van der Waals surface area contributed by atoms with E-state index in [0.29, 0.717) is 0 Å². The van der Waals surface area contributed by atoms with Crippen molar-refractivity contribution in [2.24, 2.45) is 0 Å². The molecular formula is C44H46. The molecule has 0 bridgehead atoms. The van der Waals surface area contributed by atoms with Crippen LogP contribution in [-0.2, 0) is 0 Å². The van der Waals surface area contributed by atoms with Crippen LogP contribution in [0.1, 0.15) is 33.4 Å². The molecule has 0 aliphatic rings. The number of aryl methyl sites for hydroxylation is 6. The lowest BCUT2D eigenvalue weighted by atomic mass is 9.93. The summed E-state index contributed by atoms with van der Waals surface area (Å²) in [4.78, 5) is 0. The van der Waals surface area contributed by atoms with Crippen LogP contribution in [-0.4, -0.2) is 0 Å². The van der Waals surface area contributed by atoms with E-state index in [1.54, 1.807) is 0 Å². The van der Waals surface area contributed by atoms with Crippen molar-refractivity contribution in [1.82, 2.24) is 0 Å². The highest BCUT2D eigenvalue weighted by atomic mass is 14.1. The highest BCUT2D eigenvalue weighted by Gasteiger charge is 2.06. The zero-order chi connectivity index (χ0) is 31.6. The molecule has 0 aliphatic carbocycles. The van der Waals surface area contributed by atoms with Gasteiger partial charge in [-0.3, -0.25) is 0 Å². The maximum atomic E-state index is 2.21. The van der Waals surface area contributed by atoms with E-state index in [1.807, 2.05) is 72.8 Å². The van der Waals surface area contributed by atoms with Crippen LogP contribution in [0.3, 0.4) is 0 Å². The maximum Gasteiger partial charge on any atom is -0.0146 e. The molecule has 0 heteroatoms. The van der Waals surface area contributed by atoms with Gasteiger partial charge < -0.3 is 0 Å². The van der Waals surface area contributed by atoms with Gasteiger partial charge in [0, 0.05) is 0 Å². The molecular weight excluding hydrogens is 528 g/mol. The number of hydrogen-bond acceptors (Lipinski definition) is 0. The topological polar surface area (TPSA) is 0 Å². The van der Waals surface area contributed by atoms with Gasteiger partial charge in [-0.05, 0) is 74.2 Å². The Morgan fingerprint density at radius 2 is 0.364 bits per heavy atom. The zero-order valence-corrected chi connectivity index (χ0v) is 27.2. The Morgan fingerprint density at radius 1 is 0.205 bits per heavy atom. The first-order chi connectivity index (χ1) is 21.4. The third kappa shape index (κ3) is 11.4. The minimum absolute atomic E-state index is 1.32. The molecule has 0 unspecified atom stereocenters. The van der Waals surface area contributed by atoms with Gasteiger partial charge in [0.15, 0.2) is 0 Å². The van der Waals surface area contributed by atoms with Crippen LogP contribution < -0.4 is 0 Å². The fourth-order valence-corrected chi connectivity index (χ4v) is 4.70. The summed E-state index contributed by atoms with van der Waals surface area (Å²) in [5, 5.41) is 5.50. The molecule has 0 heterocycles. The lowest BCUT2D eigenvalue weighted by Gasteiger charge is -2.11. The fourth-order valence-electron chi connectivity index (χ4n) is 4.70. The summed E-state index contributed by atoms with van der Waals surface area (Å²) >= 11 is 0. The highest BCUT2D eigenvalue weighted by molar-refractivity contribution is 6.05. The van der Waals surface area contributed by atoms with Crippen LogP contribution in [0, 0.1) is 41.5 Å². The molecule has 0 fully saturated rings. The summed E-state index contributed by atoms with van der Waals surface area (Å²) in [6, 6.07) is 58.4. The SMILES string of the molecule is Cc1c2ccccc2c(C)c2ccccc12.Cc1ccccc1.Cc1ccccc1.Cc1ccccc1.Cc1ccccc1. The molecule has 44 heavy (non-hydrogen) atoms. The van der Waals surface area contributed by atoms with E-state index in [4.69, 9.17) is 0 Å². The Morgan fingerprint density at radius 3 is 0.500 bits per heavy atom. The van der Waals surface area contributed by atoms with E-state index in [2.05, 4.69) is 139 Å². The van der Waals surface area contributed by atoms with E-state index < -0.39 is 0 Å². The number of fused-ring (bicyclic) bond motifs is 2. The molecule has 0 aliphatic heterocycles. The van der Waals surface area contributed by atoms with E-state index in [-0.39, 0.29) is 0 Å². The van der Waals surface area contributed by atoms with Crippen molar-refractivity contribution < 1.29 is 0 Å². The lowest BCUT2D eigenvalue weighted by Crippen LogP contribution is -1.87. The standard InChI is InChI=1S/C16H14.4C7H8/c1-11-13-7-3-5-9-15(13)12(2)16-10-6-4-8-14(11)16;4*1-7-5-3-2-4-6-7/h3-10H,1-2H3;4*2-6H,1H3. The van der Waals surface area contributed by atoms with Crippen molar-refractivity contribution in [3.05, 3.63) is 203 Å². The third-order valence-corrected chi connectivity index (χ3v) is 7.23. The van der Waals surface area contributed by atoms with Crippen LogP contribution in [0.15, 0.2) is 170 Å². The number of rotatable bonds is 0. The normalized spacial score (nSPS) is 9.59. The van der Waals surface area contributed by atoms with E-state index in [1.165, 1.54) is 54.9 Å². The Hall–Kier alpha value is -4.94. The summed E-state index contributed by atoms with van der Waals surface area (Å²) in [6.45, 7) is 12.8. The maximum absolute atomic E-state index is 2.21. The van der Waals surface area contributed by atoms with Crippen LogP contribution >= 0.6 is 0 Å². The van der Waals surface area contributed by atoms with Gasteiger partial charge >= 0.3 is 0 Å².